The molecule has 4 atom stereocenters. The normalized spacial score (nSPS) is 20.1. The van der Waals surface area contributed by atoms with E-state index in [2.05, 4.69) is 44.6 Å². The number of aryl methyl sites for hydroxylation is 2. The average molecular weight is 701 g/mol. The molecule has 5 rings (SSSR count). The van der Waals surface area contributed by atoms with E-state index in [1.807, 2.05) is 38.1 Å². The number of halogens is 2. The topological polar surface area (TPSA) is 140 Å². The Hall–Kier alpha value is -4.73. The van der Waals surface area contributed by atoms with Gasteiger partial charge in [-0.3, -0.25) is 14.6 Å². The van der Waals surface area contributed by atoms with Crippen LogP contribution in [0.25, 0.3) is 11.1 Å². The molecule has 1 aromatic heterocycles. The van der Waals surface area contributed by atoms with Crippen LogP contribution in [0.3, 0.4) is 0 Å². The molecule has 0 radical (unpaired) electrons. The van der Waals surface area contributed by atoms with Crippen molar-refractivity contribution in [2.45, 2.75) is 84.0 Å². The van der Waals surface area contributed by atoms with Gasteiger partial charge in [0.05, 0.1) is 18.2 Å². The van der Waals surface area contributed by atoms with E-state index >= 15 is 0 Å². The third-order valence-electron chi connectivity index (χ3n) is 9.89. The van der Waals surface area contributed by atoms with E-state index in [4.69, 9.17) is 4.74 Å². The van der Waals surface area contributed by atoms with Crippen molar-refractivity contribution >= 4 is 23.3 Å². The number of benzene rings is 2. The summed E-state index contributed by atoms with van der Waals surface area (Å²) in [5.41, 5.74) is 6.51. The molecule has 0 saturated carbocycles. The molecule has 2 amide bonds. The number of aliphatic hydroxyl groups is 1. The zero-order valence-corrected chi connectivity index (χ0v) is 30.0. The highest BCUT2D eigenvalue weighted by Crippen LogP contribution is 2.38. The lowest BCUT2D eigenvalue weighted by Crippen LogP contribution is -2.47. The Bertz CT molecular complexity index is 1840. The first kappa shape index (κ1) is 37.5. The molecular formula is C39H46F2N6O4. The number of aliphatic imine (C=N–C) groups is 1. The molecule has 4 unspecified atom stereocenters. The van der Waals surface area contributed by atoms with Crippen molar-refractivity contribution in [1.29, 1.82) is 5.26 Å². The first-order valence-electron chi connectivity index (χ1n) is 17.3. The number of rotatable bonds is 9. The maximum absolute atomic E-state index is 14.2. The fraction of sp³-hybridized carbons (Fsp3) is 0.462. The van der Waals surface area contributed by atoms with Crippen LogP contribution in [0.4, 0.5) is 14.5 Å². The first-order chi connectivity index (χ1) is 24.3. The number of amides is 2. The van der Waals surface area contributed by atoms with Crippen LogP contribution in [-0.4, -0.2) is 61.0 Å². The molecule has 3 N–H and O–H groups in total. The molecule has 0 aliphatic carbocycles. The summed E-state index contributed by atoms with van der Waals surface area (Å²) in [5, 5.41) is 25.6. The number of nitrogens with zero attached hydrogens (tertiary/aromatic N) is 4. The second-order valence-corrected chi connectivity index (χ2v) is 13.6. The number of piperidine rings is 1. The van der Waals surface area contributed by atoms with Crippen molar-refractivity contribution in [3.63, 3.8) is 0 Å². The van der Waals surface area contributed by atoms with Gasteiger partial charge >= 0.3 is 0 Å². The fourth-order valence-electron chi connectivity index (χ4n) is 7.31. The zero-order valence-electron chi connectivity index (χ0n) is 30.0. The summed E-state index contributed by atoms with van der Waals surface area (Å²) in [5.74, 6) is -3.89. The van der Waals surface area contributed by atoms with Crippen LogP contribution in [0, 0.1) is 31.1 Å². The smallest absolute Gasteiger partial charge is 0.286 e. The van der Waals surface area contributed by atoms with Gasteiger partial charge in [0.1, 0.15) is 17.6 Å². The van der Waals surface area contributed by atoms with E-state index in [-0.39, 0.29) is 35.8 Å². The van der Waals surface area contributed by atoms with Crippen LogP contribution in [0.2, 0.25) is 0 Å². The summed E-state index contributed by atoms with van der Waals surface area (Å²) in [6.07, 6.45) is 0.999. The van der Waals surface area contributed by atoms with Gasteiger partial charge in [-0.1, -0.05) is 24.3 Å². The minimum atomic E-state index is -3.13. The molecule has 2 aliphatic heterocycles. The molecule has 3 aromatic rings. The van der Waals surface area contributed by atoms with Crippen molar-refractivity contribution in [2.75, 3.05) is 32.1 Å². The van der Waals surface area contributed by atoms with Crippen LogP contribution in [0.15, 0.2) is 47.5 Å². The molecule has 0 spiro atoms. The number of carbonyl (C=O) groups excluding carboxylic acids is 2. The average Bonchev–Trinajstić information content (AvgIpc) is 3.65. The summed E-state index contributed by atoms with van der Waals surface area (Å²) < 4.78 is 34.3. The molecule has 2 aromatic carbocycles. The Morgan fingerprint density at radius 1 is 1.18 bits per heavy atom. The standard InChI is InChI=1S/C39H46F2N6O4/c1-22-18-28(35(48)38(50)44-6)19-23(2)33(22)26-10-9-25(13-15-42)30(21-26)47-16-14-27(20-24(47)3)37(49)46-36(43-5)29-11-12-32(39(4,40)41)45-34(29)31-8-7-17-51-31/h9-12,18-19,21,24,27,31,35,48H,7-8,13-14,16-17,20H2,1-6H3,(H,44,50)(H,43,46,49). The first-order valence-corrected chi connectivity index (χ1v) is 17.3. The lowest BCUT2D eigenvalue weighted by molar-refractivity contribution is -0.129. The summed E-state index contributed by atoms with van der Waals surface area (Å²) >= 11 is 0. The summed E-state index contributed by atoms with van der Waals surface area (Å²) in [6, 6.07) is 14.7. The Labute approximate surface area is 297 Å². The number of anilines is 1. The molecular weight excluding hydrogens is 654 g/mol. The Balaban J connectivity index is 1.37. The second-order valence-electron chi connectivity index (χ2n) is 13.6. The van der Waals surface area contributed by atoms with Gasteiger partial charge < -0.3 is 25.4 Å². The molecule has 3 heterocycles. The maximum Gasteiger partial charge on any atom is 0.286 e. The van der Waals surface area contributed by atoms with Gasteiger partial charge in [0.2, 0.25) is 5.91 Å². The van der Waals surface area contributed by atoms with Gasteiger partial charge in [0, 0.05) is 57.4 Å². The van der Waals surface area contributed by atoms with E-state index in [9.17, 15) is 28.7 Å². The van der Waals surface area contributed by atoms with Crippen LogP contribution in [0.5, 0.6) is 0 Å². The SMILES string of the molecule is CN=C(NC(=O)C1CCN(c2cc(-c3c(C)cc(C(O)C(=O)NC)cc3C)ccc2CC#N)C(C)C1)c1ccc(C(C)(F)F)nc1C1CCCO1. The highest BCUT2D eigenvalue weighted by Gasteiger charge is 2.34. The third-order valence-corrected chi connectivity index (χ3v) is 9.89. The van der Waals surface area contributed by atoms with E-state index in [1.165, 1.54) is 19.2 Å². The molecule has 2 aliphatic rings. The van der Waals surface area contributed by atoms with Gasteiger partial charge in [-0.2, -0.15) is 14.0 Å². The monoisotopic (exact) mass is 700 g/mol. The largest absolute Gasteiger partial charge is 0.378 e. The quantitative estimate of drug-likeness (QED) is 0.185. The zero-order chi connectivity index (χ0) is 37.0. The maximum atomic E-state index is 14.2. The Kier molecular flexibility index (Phi) is 11.5. The van der Waals surface area contributed by atoms with Crippen molar-refractivity contribution < 1.29 is 28.2 Å². The summed E-state index contributed by atoms with van der Waals surface area (Å²) in [7, 11) is 3.03. The predicted molar refractivity (Wildman–Crippen MR) is 192 cm³/mol. The van der Waals surface area contributed by atoms with E-state index in [0.29, 0.717) is 49.2 Å². The van der Waals surface area contributed by atoms with Crippen molar-refractivity contribution in [1.82, 2.24) is 15.6 Å². The van der Waals surface area contributed by atoms with E-state index in [1.54, 1.807) is 7.05 Å². The number of aromatic nitrogens is 1. The fourth-order valence-corrected chi connectivity index (χ4v) is 7.31. The van der Waals surface area contributed by atoms with Crippen LogP contribution in [-0.2, 0) is 26.7 Å². The highest BCUT2D eigenvalue weighted by molar-refractivity contribution is 6.09. The van der Waals surface area contributed by atoms with Crippen molar-refractivity contribution in [2.24, 2.45) is 10.9 Å². The number of hydrogen-bond donors (Lipinski definition) is 3. The predicted octanol–water partition coefficient (Wildman–Crippen LogP) is 5.97. The minimum absolute atomic E-state index is 0.0494. The number of aliphatic hydroxyl groups excluding tert-OH is 1. The lowest BCUT2D eigenvalue weighted by atomic mass is 9.88. The van der Waals surface area contributed by atoms with Gasteiger partial charge in [0.15, 0.2) is 6.10 Å². The van der Waals surface area contributed by atoms with Gasteiger partial charge in [-0.15, -0.1) is 0 Å². The van der Waals surface area contributed by atoms with Crippen molar-refractivity contribution in [3.8, 4) is 17.2 Å². The van der Waals surface area contributed by atoms with Crippen LogP contribution in [0.1, 0.15) is 90.9 Å². The number of likely N-dealkylation sites (N-methyl/N-ethyl adjacent to an activating group) is 1. The van der Waals surface area contributed by atoms with Crippen LogP contribution < -0.4 is 15.5 Å². The summed E-state index contributed by atoms with van der Waals surface area (Å²) in [4.78, 5) is 36.7. The van der Waals surface area contributed by atoms with Gasteiger partial charge in [-0.05, 0) is 98.0 Å². The number of alkyl halides is 2. The number of amidine groups is 1. The van der Waals surface area contributed by atoms with E-state index < -0.39 is 24.0 Å². The number of hydrogen-bond acceptors (Lipinski definition) is 8. The molecule has 0 bridgehead atoms. The third kappa shape index (κ3) is 8.10. The lowest BCUT2D eigenvalue weighted by Gasteiger charge is -2.40. The number of carbonyl (C=O) groups is 2. The van der Waals surface area contributed by atoms with Gasteiger partial charge in [-0.25, -0.2) is 4.98 Å². The molecule has 12 heteroatoms. The minimum Gasteiger partial charge on any atom is -0.378 e. The molecule has 2 saturated heterocycles. The molecule has 270 valence electrons. The molecule has 51 heavy (non-hydrogen) atoms. The molecule has 2 fully saturated rings. The van der Waals surface area contributed by atoms with Crippen LogP contribution >= 0.6 is 0 Å². The van der Waals surface area contributed by atoms with E-state index in [0.717, 1.165) is 46.8 Å². The Morgan fingerprint density at radius 2 is 1.90 bits per heavy atom. The Morgan fingerprint density at radius 3 is 2.49 bits per heavy atom. The summed E-state index contributed by atoms with van der Waals surface area (Å²) in [6.45, 7) is 7.83. The number of nitrogens with one attached hydrogen (secondary N) is 2. The van der Waals surface area contributed by atoms with Crippen molar-refractivity contribution in [3.05, 3.63) is 81.7 Å². The highest BCUT2D eigenvalue weighted by atomic mass is 19.3. The number of ether oxygens (including phenoxy) is 1. The van der Waals surface area contributed by atoms with Gasteiger partial charge in [0.25, 0.3) is 11.8 Å². The molecule has 10 nitrogen and oxygen atoms in total. The number of nitriles is 1. The second kappa shape index (κ2) is 15.7. The number of pyridine rings is 1.